The highest BCUT2D eigenvalue weighted by Crippen LogP contribution is 2.32. The van der Waals surface area contributed by atoms with Gasteiger partial charge in [0.05, 0.1) is 6.10 Å². The van der Waals surface area contributed by atoms with Crippen molar-refractivity contribution in [3.63, 3.8) is 0 Å². The minimum absolute atomic E-state index is 0.118. The zero-order chi connectivity index (χ0) is 12.4. The Morgan fingerprint density at radius 2 is 1.56 bits per heavy atom. The molecule has 3 rings (SSSR count). The molecule has 0 spiro atoms. The lowest BCUT2D eigenvalue weighted by atomic mass is 9.91. The summed E-state index contributed by atoms with van der Waals surface area (Å²) in [5, 5.41) is 0. The molecule has 0 saturated heterocycles. The van der Waals surface area contributed by atoms with Crippen LogP contribution in [-0.2, 0) is 9.49 Å². The summed E-state index contributed by atoms with van der Waals surface area (Å²) in [6, 6.07) is 16.9. The SMILES string of the molecule is IOC1Cc2ccccc2/C=C\c2ccccc21. The van der Waals surface area contributed by atoms with Crippen LogP contribution in [0.25, 0.3) is 12.2 Å². The van der Waals surface area contributed by atoms with Crippen LogP contribution in [0.15, 0.2) is 48.5 Å². The molecular formula is C16H13IO. The summed E-state index contributed by atoms with van der Waals surface area (Å²) in [6.45, 7) is 0. The Balaban J connectivity index is 2.15. The minimum atomic E-state index is 0.118. The second kappa shape index (κ2) is 5.24. The summed E-state index contributed by atoms with van der Waals surface area (Å²) < 4.78 is 5.65. The van der Waals surface area contributed by atoms with Crippen LogP contribution in [0.5, 0.6) is 0 Å². The molecule has 1 nitrogen and oxygen atoms in total. The molecule has 2 aromatic rings. The predicted octanol–water partition coefficient (Wildman–Crippen LogP) is 4.82. The standard InChI is InChI=1S/C16H13IO/c17-18-16-11-14-7-2-1-5-12(14)9-10-13-6-3-4-8-15(13)16/h1-10,16H,11H2/b10-9-. The third-order valence-electron chi connectivity index (χ3n) is 3.35. The van der Waals surface area contributed by atoms with E-state index >= 15 is 0 Å². The summed E-state index contributed by atoms with van der Waals surface area (Å²) in [6.07, 6.45) is 5.40. The van der Waals surface area contributed by atoms with E-state index in [1.54, 1.807) is 0 Å². The van der Waals surface area contributed by atoms with Gasteiger partial charge in [-0.1, -0.05) is 60.7 Å². The first-order chi connectivity index (χ1) is 8.88. The number of halogens is 1. The van der Waals surface area contributed by atoms with Crippen LogP contribution in [0.4, 0.5) is 0 Å². The molecule has 0 fully saturated rings. The molecule has 0 aromatic heterocycles. The molecule has 90 valence electrons. The second-order valence-corrected chi connectivity index (χ2v) is 4.95. The average Bonchev–Trinajstić information content (AvgIpc) is 2.41. The predicted molar refractivity (Wildman–Crippen MR) is 83.4 cm³/mol. The molecule has 0 radical (unpaired) electrons. The van der Waals surface area contributed by atoms with Gasteiger partial charge in [-0.2, -0.15) is 0 Å². The number of benzene rings is 2. The van der Waals surface area contributed by atoms with Crippen molar-refractivity contribution >= 4 is 35.2 Å². The molecule has 18 heavy (non-hydrogen) atoms. The Morgan fingerprint density at radius 3 is 2.39 bits per heavy atom. The molecule has 2 aromatic carbocycles. The van der Waals surface area contributed by atoms with Crippen molar-refractivity contribution in [2.45, 2.75) is 12.5 Å². The monoisotopic (exact) mass is 348 g/mol. The molecular weight excluding hydrogens is 335 g/mol. The summed E-state index contributed by atoms with van der Waals surface area (Å²) in [4.78, 5) is 0. The van der Waals surface area contributed by atoms with E-state index in [2.05, 4.69) is 60.7 Å². The fourth-order valence-corrected chi connectivity index (χ4v) is 2.86. The van der Waals surface area contributed by atoms with Gasteiger partial charge >= 0.3 is 0 Å². The molecule has 0 bridgehead atoms. The van der Waals surface area contributed by atoms with Crippen LogP contribution in [0.3, 0.4) is 0 Å². The summed E-state index contributed by atoms with van der Waals surface area (Å²) >= 11 is 2.01. The molecule has 0 amide bonds. The molecule has 0 saturated carbocycles. The zero-order valence-corrected chi connectivity index (χ0v) is 12.0. The topological polar surface area (TPSA) is 9.23 Å². The van der Waals surface area contributed by atoms with Gasteiger partial charge in [-0.05, 0) is 22.3 Å². The Kier molecular flexibility index (Phi) is 3.48. The largest absolute Gasteiger partial charge is 0.307 e. The highest BCUT2D eigenvalue weighted by molar-refractivity contribution is 14.1. The van der Waals surface area contributed by atoms with Gasteiger partial charge in [0.15, 0.2) is 0 Å². The maximum Gasteiger partial charge on any atom is 0.110 e. The molecule has 1 aliphatic rings. The third-order valence-corrected chi connectivity index (χ3v) is 3.97. The summed E-state index contributed by atoms with van der Waals surface area (Å²) in [7, 11) is 0. The Hall–Kier alpha value is -1.13. The van der Waals surface area contributed by atoms with Gasteiger partial charge in [0.2, 0.25) is 0 Å². The van der Waals surface area contributed by atoms with Gasteiger partial charge in [0.1, 0.15) is 23.0 Å². The number of fused-ring (bicyclic) bond motifs is 2. The first kappa shape index (κ1) is 11.9. The van der Waals surface area contributed by atoms with Crippen LogP contribution < -0.4 is 0 Å². The van der Waals surface area contributed by atoms with Gasteiger partial charge in [-0.15, -0.1) is 0 Å². The summed E-state index contributed by atoms with van der Waals surface area (Å²) in [5.41, 5.74) is 5.13. The van der Waals surface area contributed by atoms with E-state index in [0.29, 0.717) is 0 Å². The third kappa shape index (κ3) is 2.22. The number of hydrogen-bond donors (Lipinski definition) is 0. The molecule has 1 unspecified atom stereocenters. The van der Waals surface area contributed by atoms with E-state index in [1.807, 2.05) is 23.0 Å². The van der Waals surface area contributed by atoms with E-state index in [0.717, 1.165) is 6.42 Å². The fraction of sp³-hybridized carbons (Fsp3) is 0.125. The van der Waals surface area contributed by atoms with Crippen LogP contribution in [0.2, 0.25) is 0 Å². The van der Waals surface area contributed by atoms with Gasteiger partial charge in [-0.3, -0.25) is 0 Å². The zero-order valence-electron chi connectivity index (χ0n) is 9.84. The van der Waals surface area contributed by atoms with E-state index < -0.39 is 0 Å². The molecule has 2 heteroatoms. The lowest BCUT2D eigenvalue weighted by Gasteiger charge is -2.20. The quantitative estimate of drug-likeness (QED) is 0.672. The van der Waals surface area contributed by atoms with E-state index in [1.165, 1.54) is 22.3 Å². The first-order valence-electron chi connectivity index (χ1n) is 6.01. The van der Waals surface area contributed by atoms with Gasteiger partial charge in [0.25, 0.3) is 0 Å². The average molecular weight is 348 g/mol. The van der Waals surface area contributed by atoms with Crippen LogP contribution >= 0.6 is 23.0 Å². The van der Waals surface area contributed by atoms with Crippen molar-refractivity contribution in [2.24, 2.45) is 0 Å². The van der Waals surface area contributed by atoms with Gasteiger partial charge < -0.3 is 3.07 Å². The minimum Gasteiger partial charge on any atom is -0.307 e. The van der Waals surface area contributed by atoms with Crippen molar-refractivity contribution in [2.75, 3.05) is 0 Å². The Bertz CT molecular complexity index is 589. The van der Waals surface area contributed by atoms with Crippen molar-refractivity contribution in [1.29, 1.82) is 0 Å². The lowest BCUT2D eigenvalue weighted by Crippen LogP contribution is -2.07. The molecule has 0 aliphatic heterocycles. The van der Waals surface area contributed by atoms with Crippen LogP contribution in [0, 0.1) is 0 Å². The highest BCUT2D eigenvalue weighted by atomic mass is 127. The van der Waals surface area contributed by atoms with E-state index in [4.69, 9.17) is 3.07 Å². The fourth-order valence-electron chi connectivity index (χ4n) is 2.41. The van der Waals surface area contributed by atoms with Crippen LogP contribution in [-0.4, -0.2) is 0 Å². The Morgan fingerprint density at radius 1 is 0.889 bits per heavy atom. The van der Waals surface area contributed by atoms with Crippen LogP contribution in [0.1, 0.15) is 28.4 Å². The Labute approximate surface area is 121 Å². The van der Waals surface area contributed by atoms with Crippen molar-refractivity contribution in [3.05, 3.63) is 70.8 Å². The highest BCUT2D eigenvalue weighted by Gasteiger charge is 2.17. The molecule has 0 heterocycles. The summed E-state index contributed by atoms with van der Waals surface area (Å²) in [5.74, 6) is 0. The smallest absolute Gasteiger partial charge is 0.110 e. The maximum absolute atomic E-state index is 5.65. The normalized spacial score (nSPS) is 19.3. The van der Waals surface area contributed by atoms with Crippen molar-refractivity contribution in [1.82, 2.24) is 0 Å². The molecule has 0 N–H and O–H groups in total. The second-order valence-electron chi connectivity index (χ2n) is 4.44. The molecule has 1 atom stereocenters. The van der Waals surface area contributed by atoms with Gasteiger partial charge in [0, 0.05) is 6.42 Å². The van der Waals surface area contributed by atoms with E-state index in [-0.39, 0.29) is 6.10 Å². The van der Waals surface area contributed by atoms with E-state index in [9.17, 15) is 0 Å². The first-order valence-corrected chi connectivity index (χ1v) is 6.89. The maximum atomic E-state index is 5.65. The van der Waals surface area contributed by atoms with Crippen molar-refractivity contribution in [3.8, 4) is 0 Å². The molecule has 1 aliphatic carbocycles. The number of rotatable bonds is 1. The lowest BCUT2D eigenvalue weighted by molar-refractivity contribution is 0.289. The number of hydrogen-bond acceptors (Lipinski definition) is 1. The van der Waals surface area contributed by atoms with Crippen molar-refractivity contribution < 1.29 is 3.07 Å². The van der Waals surface area contributed by atoms with Gasteiger partial charge in [-0.25, -0.2) is 0 Å².